The van der Waals surface area contributed by atoms with Crippen LogP contribution < -0.4 is 15.6 Å². The van der Waals surface area contributed by atoms with E-state index in [9.17, 15) is 31.1 Å². The average molecular weight is 417 g/mol. The Bertz CT molecular complexity index is 1090. The Morgan fingerprint density at radius 3 is 2.28 bits per heavy atom. The highest BCUT2D eigenvalue weighted by Crippen LogP contribution is 2.35. The van der Waals surface area contributed by atoms with Crippen molar-refractivity contribution in [3.63, 3.8) is 0 Å². The molecule has 0 saturated carbocycles. The topological polar surface area (TPSA) is 55.6 Å². The molecule has 2 heterocycles. The van der Waals surface area contributed by atoms with Crippen molar-refractivity contribution in [3.8, 4) is 16.9 Å². The molecule has 3 aromatic rings. The number of benzene rings is 1. The third-order valence-electron chi connectivity index (χ3n) is 3.93. The van der Waals surface area contributed by atoms with Gasteiger partial charge >= 0.3 is 12.4 Å². The fraction of sp³-hybridized carbons (Fsp3) is 0.222. The zero-order valence-electron chi connectivity index (χ0n) is 14.7. The van der Waals surface area contributed by atoms with Crippen LogP contribution in [0.3, 0.4) is 0 Å². The predicted octanol–water partition coefficient (Wildman–Crippen LogP) is 4.36. The molecule has 2 aromatic heterocycles. The predicted molar refractivity (Wildman–Crippen MR) is 93.0 cm³/mol. The van der Waals surface area contributed by atoms with Crippen LogP contribution >= 0.6 is 0 Å². The number of halogens is 6. The van der Waals surface area contributed by atoms with E-state index in [1.807, 2.05) is 0 Å². The number of rotatable bonds is 4. The van der Waals surface area contributed by atoms with Gasteiger partial charge in [-0.05, 0) is 23.8 Å². The normalized spacial score (nSPS) is 12.2. The van der Waals surface area contributed by atoms with Crippen LogP contribution in [0.1, 0.15) is 5.69 Å². The van der Waals surface area contributed by atoms with Gasteiger partial charge in [0.05, 0.1) is 5.56 Å². The van der Waals surface area contributed by atoms with Crippen LogP contribution in [-0.2, 0) is 6.18 Å². The fourth-order valence-corrected chi connectivity index (χ4v) is 2.64. The Morgan fingerprint density at radius 1 is 1.07 bits per heavy atom. The molecule has 0 saturated heterocycles. The number of hydrogen-bond acceptors (Lipinski definition) is 4. The number of nitrogens with one attached hydrogen (secondary N) is 1. The van der Waals surface area contributed by atoms with E-state index in [4.69, 9.17) is 0 Å². The van der Waals surface area contributed by atoms with Crippen LogP contribution in [0.4, 0.5) is 32.0 Å². The largest absolute Gasteiger partial charge is 0.484 e. The van der Waals surface area contributed by atoms with Crippen molar-refractivity contribution in [2.45, 2.75) is 12.4 Å². The van der Waals surface area contributed by atoms with Crippen LogP contribution in [0.15, 0.2) is 47.4 Å². The first-order valence-corrected chi connectivity index (χ1v) is 8.11. The summed E-state index contributed by atoms with van der Waals surface area (Å²) in [6, 6.07) is 7.04. The summed E-state index contributed by atoms with van der Waals surface area (Å²) in [6.45, 7) is -1.55. The highest BCUT2D eigenvalue weighted by Gasteiger charge is 2.38. The lowest BCUT2D eigenvalue weighted by Crippen LogP contribution is -2.24. The Morgan fingerprint density at radius 2 is 1.72 bits per heavy atom. The molecular weight excluding hydrogens is 404 g/mol. The first-order valence-electron chi connectivity index (χ1n) is 8.11. The minimum Gasteiger partial charge on any atom is -0.484 e. The molecule has 0 aliphatic heterocycles. The maximum Gasteiger partial charge on any atom is 0.434 e. The summed E-state index contributed by atoms with van der Waals surface area (Å²) < 4.78 is 82.9. The van der Waals surface area contributed by atoms with E-state index in [-0.39, 0.29) is 17.0 Å². The van der Waals surface area contributed by atoms with E-state index in [1.165, 1.54) is 18.3 Å². The van der Waals surface area contributed by atoms with Crippen molar-refractivity contribution < 1.29 is 31.1 Å². The third-order valence-corrected chi connectivity index (χ3v) is 3.93. The zero-order valence-corrected chi connectivity index (χ0v) is 14.7. The summed E-state index contributed by atoms with van der Waals surface area (Å²) >= 11 is 0. The monoisotopic (exact) mass is 417 g/mol. The van der Waals surface area contributed by atoms with Crippen molar-refractivity contribution in [2.75, 3.05) is 19.0 Å². The lowest BCUT2D eigenvalue weighted by molar-refractivity contribution is -0.153. The molecule has 0 spiro atoms. The number of ether oxygens (including phenoxy) is 1. The van der Waals surface area contributed by atoms with Crippen molar-refractivity contribution in [3.05, 3.63) is 58.6 Å². The number of alkyl halides is 6. The second-order valence-electron chi connectivity index (χ2n) is 5.96. The molecule has 0 bridgehead atoms. The molecule has 0 aliphatic carbocycles. The number of fused-ring (bicyclic) bond motifs is 1. The fourth-order valence-electron chi connectivity index (χ4n) is 2.64. The minimum absolute atomic E-state index is 0.152. The Hall–Kier alpha value is -3.24. The van der Waals surface area contributed by atoms with Gasteiger partial charge in [-0.25, -0.2) is 4.98 Å². The van der Waals surface area contributed by atoms with Gasteiger partial charge in [0.2, 0.25) is 0 Å². The molecule has 1 N–H and O–H groups in total. The van der Waals surface area contributed by atoms with E-state index >= 15 is 0 Å². The first-order chi connectivity index (χ1) is 13.5. The summed E-state index contributed by atoms with van der Waals surface area (Å²) in [7, 11) is 1.56. The van der Waals surface area contributed by atoms with Gasteiger partial charge in [0, 0.05) is 25.0 Å². The molecule has 0 amide bonds. The van der Waals surface area contributed by atoms with Crippen molar-refractivity contribution >= 4 is 11.3 Å². The van der Waals surface area contributed by atoms with Crippen LogP contribution in [0.25, 0.3) is 16.8 Å². The van der Waals surface area contributed by atoms with Crippen LogP contribution in [0.2, 0.25) is 0 Å². The summed E-state index contributed by atoms with van der Waals surface area (Å²) in [5.41, 5.74) is -2.96. The minimum atomic E-state index is -4.93. The quantitative estimate of drug-likeness (QED) is 0.641. The molecule has 0 aliphatic rings. The summed E-state index contributed by atoms with van der Waals surface area (Å²) in [5.74, 6) is -0.202. The Kier molecular flexibility index (Phi) is 5.16. The number of hydrogen-bond donors (Lipinski definition) is 1. The van der Waals surface area contributed by atoms with Gasteiger partial charge < -0.3 is 10.1 Å². The van der Waals surface area contributed by atoms with Gasteiger partial charge in [0.15, 0.2) is 12.3 Å². The number of anilines is 1. The van der Waals surface area contributed by atoms with Gasteiger partial charge in [0.1, 0.15) is 11.4 Å². The van der Waals surface area contributed by atoms with Gasteiger partial charge in [-0.3, -0.25) is 9.20 Å². The third kappa shape index (κ3) is 4.44. The van der Waals surface area contributed by atoms with Gasteiger partial charge in [-0.15, -0.1) is 0 Å². The molecule has 29 heavy (non-hydrogen) atoms. The maximum absolute atomic E-state index is 13.6. The molecule has 0 unspecified atom stereocenters. The highest BCUT2D eigenvalue weighted by atomic mass is 19.4. The molecule has 11 heteroatoms. The van der Waals surface area contributed by atoms with E-state index in [1.54, 1.807) is 7.05 Å². The molecule has 1 aromatic carbocycles. The summed E-state index contributed by atoms with van der Waals surface area (Å²) in [4.78, 5) is 16.4. The molecule has 0 fully saturated rings. The smallest absolute Gasteiger partial charge is 0.434 e. The van der Waals surface area contributed by atoms with Crippen LogP contribution in [0, 0.1) is 0 Å². The van der Waals surface area contributed by atoms with Crippen LogP contribution in [0.5, 0.6) is 5.75 Å². The molecule has 5 nitrogen and oxygen atoms in total. The number of pyridine rings is 1. The van der Waals surface area contributed by atoms with Gasteiger partial charge in [-0.2, -0.15) is 26.3 Å². The molecular formula is C18H13F6N3O2. The maximum atomic E-state index is 13.6. The van der Waals surface area contributed by atoms with Crippen LogP contribution in [-0.4, -0.2) is 29.2 Å². The second-order valence-corrected chi connectivity index (χ2v) is 5.96. The van der Waals surface area contributed by atoms with E-state index in [0.29, 0.717) is 5.69 Å². The Labute approximate surface area is 159 Å². The summed E-state index contributed by atoms with van der Waals surface area (Å²) in [5, 5.41) is 2.74. The van der Waals surface area contributed by atoms with Crippen molar-refractivity contribution in [2.24, 2.45) is 0 Å². The first kappa shape index (κ1) is 20.5. The van der Waals surface area contributed by atoms with Crippen molar-refractivity contribution in [1.82, 2.24) is 9.38 Å². The van der Waals surface area contributed by atoms with E-state index < -0.39 is 35.8 Å². The molecule has 3 rings (SSSR count). The van der Waals surface area contributed by atoms with E-state index in [2.05, 4.69) is 15.0 Å². The lowest BCUT2D eigenvalue weighted by Gasteiger charge is -2.14. The second kappa shape index (κ2) is 7.30. The molecule has 0 atom stereocenters. The lowest BCUT2D eigenvalue weighted by atomic mass is 10.0. The highest BCUT2D eigenvalue weighted by molar-refractivity contribution is 5.69. The average Bonchev–Trinajstić information content (AvgIpc) is 2.65. The molecule has 0 radical (unpaired) electrons. The SMILES string of the molecule is CNc1ccn2c(=O)c(-c3ccc(OCC(F)(F)F)cc3)c(C(F)(F)F)nc2c1. The van der Waals surface area contributed by atoms with Crippen molar-refractivity contribution in [1.29, 1.82) is 0 Å². The number of aromatic nitrogens is 2. The van der Waals surface area contributed by atoms with Gasteiger partial charge in [0.25, 0.3) is 5.56 Å². The number of nitrogens with zero attached hydrogens (tertiary/aromatic N) is 2. The standard InChI is InChI=1S/C18H13F6N3O2/c1-25-11-6-7-27-13(8-11)26-15(18(22,23)24)14(16(27)28)10-2-4-12(5-3-10)29-9-17(19,20)21/h2-8,25H,9H2,1H3. The van der Waals surface area contributed by atoms with E-state index in [0.717, 1.165) is 28.7 Å². The van der Waals surface area contributed by atoms with Gasteiger partial charge in [-0.1, -0.05) is 12.1 Å². The summed E-state index contributed by atoms with van der Waals surface area (Å²) in [6.07, 6.45) is -8.21. The molecule has 154 valence electrons. The Balaban J connectivity index is 2.13. The zero-order chi connectivity index (χ0) is 21.4.